The first kappa shape index (κ1) is 14.1. The molecule has 2 aliphatic rings. The topological polar surface area (TPSA) is 30.5 Å². The van der Waals surface area contributed by atoms with Crippen LogP contribution in [-0.2, 0) is 15.9 Å². The molecule has 1 N–H and O–H groups in total. The Balaban J connectivity index is 1.43. The number of hydrogen-bond acceptors (Lipinski definition) is 3. The molecule has 0 aromatic heterocycles. The summed E-state index contributed by atoms with van der Waals surface area (Å²) in [5.74, 6) is 0.795. The number of piperidine rings is 1. The van der Waals surface area contributed by atoms with E-state index in [9.17, 15) is 0 Å². The zero-order chi connectivity index (χ0) is 13.6. The zero-order valence-corrected chi connectivity index (χ0v) is 12.1. The van der Waals surface area contributed by atoms with Crippen LogP contribution in [0.15, 0.2) is 24.3 Å². The summed E-state index contributed by atoms with van der Waals surface area (Å²) in [6, 6.07) is 8.58. The Kier molecular flexibility index (Phi) is 5.06. The molecule has 1 saturated heterocycles. The minimum absolute atomic E-state index is 0.129. The minimum atomic E-state index is 0.129. The molecule has 20 heavy (non-hydrogen) atoms. The van der Waals surface area contributed by atoms with E-state index in [4.69, 9.17) is 9.47 Å². The fourth-order valence-corrected chi connectivity index (χ4v) is 3.23. The van der Waals surface area contributed by atoms with E-state index in [1.165, 1.54) is 36.9 Å². The van der Waals surface area contributed by atoms with E-state index in [0.29, 0.717) is 6.61 Å². The van der Waals surface area contributed by atoms with E-state index >= 15 is 0 Å². The van der Waals surface area contributed by atoms with Gasteiger partial charge in [0.2, 0.25) is 0 Å². The standard InChI is InChI=1S/C17H25NO2/c1-2-6-16-15(5-1)8-11-20-17(16)13-19-10-7-14-4-3-9-18-12-14/h1-2,5-6,14,17-18H,3-4,7-13H2. The molecule has 0 amide bonds. The highest BCUT2D eigenvalue weighted by molar-refractivity contribution is 5.30. The molecule has 0 spiro atoms. The largest absolute Gasteiger partial charge is 0.378 e. The maximum absolute atomic E-state index is 5.88. The average Bonchev–Trinajstić information content (AvgIpc) is 2.53. The van der Waals surface area contributed by atoms with Gasteiger partial charge in [0.15, 0.2) is 0 Å². The lowest BCUT2D eigenvalue weighted by molar-refractivity contribution is -0.0277. The van der Waals surface area contributed by atoms with Crippen molar-refractivity contribution in [1.82, 2.24) is 5.32 Å². The lowest BCUT2D eigenvalue weighted by atomic mass is 9.96. The first-order valence-corrected chi connectivity index (χ1v) is 7.91. The van der Waals surface area contributed by atoms with Gasteiger partial charge in [-0.15, -0.1) is 0 Å². The third-order valence-electron chi connectivity index (χ3n) is 4.43. The highest BCUT2D eigenvalue weighted by atomic mass is 16.5. The fourth-order valence-electron chi connectivity index (χ4n) is 3.23. The molecule has 0 radical (unpaired) electrons. The van der Waals surface area contributed by atoms with Gasteiger partial charge in [0.05, 0.1) is 13.2 Å². The number of fused-ring (bicyclic) bond motifs is 1. The van der Waals surface area contributed by atoms with Gasteiger partial charge in [0.25, 0.3) is 0 Å². The summed E-state index contributed by atoms with van der Waals surface area (Å²) < 4.78 is 11.7. The second kappa shape index (κ2) is 7.21. The predicted molar refractivity (Wildman–Crippen MR) is 79.9 cm³/mol. The Morgan fingerprint density at radius 2 is 2.25 bits per heavy atom. The van der Waals surface area contributed by atoms with E-state index < -0.39 is 0 Å². The second-order valence-corrected chi connectivity index (χ2v) is 5.88. The summed E-state index contributed by atoms with van der Waals surface area (Å²) >= 11 is 0. The highest BCUT2D eigenvalue weighted by Crippen LogP contribution is 2.27. The molecular formula is C17H25NO2. The summed E-state index contributed by atoms with van der Waals surface area (Å²) in [7, 11) is 0. The van der Waals surface area contributed by atoms with Crippen LogP contribution in [0.2, 0.25) is 0 Å². The van der Waals surface area contributed by atoms with Crippen molar-refractivity contribution in [2.75, 3.05) is 32.9 Å². The molecule has 2 heterocycles. The summed E-state index contributed by atoms with van der Waals surface area (Å²) in [6.07, 6.45) is 4.98. The molecule has 0 bridgehead atoms. The van der Waals surface area contributed by atoms with Crippen LogP contribution in [0.5, 0.6) is 0 Å². The van der Waals surface area contributed by atoms with Gasteiger partial charge in [-0.25, -0.2) is 0 Å². The van der Waals surface area contributed by atoms with Crippen molar-refractivity contribution < 1.29 is 9.47 Å². The maximum atomic E-state index is 5.88. The third-order valence-corrected chi connectivity index (χ3v) is 4.43. The van der Waals surface area contributed by atoms with Gasteiger partial charge in [-0.1, -0.05) is 24.3 Å². The number of ether oxygens (including phenoxy) is 2. The second-order valence-electron chi connectivity index (χ2n) is 5.88. The molecule has 1 fully saturated rings. The molecule has 3 rings (SSSR count). The molecule has 1 aromatic carbocycles. The van der Waals surface area contributed by atoms with Gasteiger partial charge in [0, 0.05) is 6.61 Å². The molecule has 2 atom stereocenters. The van der Waals surface area contributed by atoms with Crippen molar-refractivity contribution in [3.05, 3.63) is 35.4 Å². The van der Waals surface area contributed by atoms with Gasteiger partial charge >= 0.3 is 0 Å². The van der Waals surface area contributed by atoms with Crippen molar-refractivity contribution in [1.29, 1.82) is 0 Å². The molecule has 110 valence electrons. The van der Waals surface area contributed by atoms with E-state index in [1.54, 1.807) is 0 Å². The SMILES string of the molecule is c1ccc2c(c1)CCOC2COCCC1CCCNC1. The quantitative estimate of drug-likeness (QED) is 0.838. The lowest BCUT2D eigenvalue weighted by Gasteiger charge is -2.26. The number of benzene rings is 1. The molecule has 0 saturated carbocycles. The monoisotopic (exact) mass is 275 g/mol. The number of rotatable bonds is 5. The third kappa shape index (κ3) is 3.60. The Hall–Kier alpha value is -0.900. The van der Waals surface area contributed by atoms with Crippen LogP contribution in [0.3, 0.4) is 0 Å². The molecule has 3 heteroatoms. The van der Waals surface area contributed by atoms with E-state index in [0.717, 1.165) is 32.1 Å². The van der Waals surface area contributed by atoms with Gasteiger partial charge in [-0.2, -0.15) is 0 Å². The van der Waals surface area contributed by atoms with Crippen molar-refractivity contribution in [2.45, 2.75) is 31.8 Å². The van der Waals surface area contributed by atoms with Crippen molar-refractivity contribution in [3.63, 3.8) is 0 Å². The Morgan fingerprint density at radius 1 is 1.30 bits per heavy atom. The van der Waals surface area contributed by atoms with Crippen LogP contribution in [0.1, 0.15) is 36.5 Å². The maximum Gasteiger partial charge on any atom is 0.106 e. The zero-order valence-electron chi connectivity index (χ0n) is 12.1. The first-order chi connectivity index (χ1) is 9.93. The van der Waals surface area contributed by atoms with Crippen LogP contribution in [0.4, 0.5) is 0 Å². The van der Waals surface area contributed by atoms with Crippen LogP contribution in [0, 0.1) is 5.92 Å². The van der Waals surface area contributed by atoms with Crippen molar-refractivity contribution >= 4 is 0 Å². The van der Waals surface area contributed by atoms with Crippen LogP contribution < -0.4 is 5.32 Å². The Labute approximate surface area is 121 Å². The smallest absolute Gasteiger partial charge is 0.106 e. The average molecular weight is 275 g/mol. The van der Waals surface area contributed by atoms with Crippen molar-refractivity contribution in [3.8, 4) is 0 Å². The molecule has 1 aromatic rings. The number of nitrogens with one attached hydrogen (secondary N) is 1. The van der Waals surface area contributed by atoms with Gasteiger partial charge in [0.1, 0.15) is 6.10 Å². The van der Waals surface area contributed by atoms with E-state index in [2.05, 4.69) is 29.6 Å². The normalized spacial score (nSPS) is 26.2. The number of hydrogen-bond donors (Lipinski definition) is 1. The van der Waals surface area contributed by atoms with Crippen LogP contribution in [-0.4, -0.2) is 32.9 Å². The van der Waals surface area contributed by atoms with E-state index in [1.807, 2.05) is 0 Å². The van der Waals surface area contributed by atoms with Crippen molar-refractivity contribution in [2.24, 2.45) is 5.92 Å². The summed E-state index contributed by atoms with van der Waals surface area (Å²) in [5.41, 5.74) is 2.74. The molecule has 3 nitrogen and oxygen atoms in total. The van der Waals surface area contributed by atoms with Crippen LogP contribution >= 0.6 is 0 Å². The summed E-state index contributed by atoms with van der Waals surface area (Å²) in [5, 5.41) is 3.46. The predicted octanol–water partition coefficient (Wildman–Crippen LogP) is 2.71. The molecule has 2 unspecified atom stereocenters. The fraction of sp³-hybridized carbons (Fsp3) is 0.647. The molecule has 0 aliphatic carbocycles. The first-order valence-electron chi connectivity index (χ1n) is 7.91. The summed E-state index contributed by atoms with van der Waals surface area (Å²) in [4.78, 5) is 0. The Bertz CT molecular complexity index is 415. The summed E-state index contributed by atoms with van der Waals surface area (Å²) in [6.45, 7) is 4.71. The van der Waals surface area contributed by atoms with Gasteiger partial charge in [-0.3, -0.25) is 0 Å². The highest BCUT2D eigenvalue weighted by Gasteiger charge is 2.20. The lowest BCUT2D eigenvalue weighted by Crippen LogP contribution is -2.30. The molecular weight excluding hydrogens is 250 g/mol. The van der Waals surface area contributed by atoms with Gasteiger partial charge in [-0.05, 0) is 55.8 Å². The van der Waals surface area contributed by atoms with Gasteiger partial charge < -0.3 is 14.8 Å². The Morgan fingerprint density at radius 3 is 3.15 bits per heavy atom. The minimum Gasteiger partial charge on any atom is -0.378 e. The van der Waals surface area contributed by atoms with E-state index in [-0.39, 0.29) is 6.10 Å². The molecule has 2 aliphatic heterocycles. The van der Waals surface area contributed by atoms with Crippen LogP contribution in [0.25, 0.3) is 0 Å².